The van der Waals surface area contributed by atoms with Crippen LogP contribution >= 0.6 is 0 Å². The average molecular weight is 390 g/mol. The molecule has 0 spiro atoms. The van der Waals surface area contributed by atoms with Crippen molar-refractivity contribution in [1.29, 1.82) is 0 Å². The lowest BCUT2D eigenvalue weighted by Gasteiger charge is -2.15. The molecule has 2 heterocycles. The van der Waals surface area contributed by atoms with E-state index in [0.717, 1.165) is 11.3 Å². The molecule has 2 N–H and O–H groups in total. The minimum atomic E-state index is -3.74. The van der Waals surface area contributed by atoms with Gasteiger partial charge in [0.25, 0.3) is 10.0 Å². The summed E-state index contributed by atoms with van der Waals surface area (Å²) >= 11 is 0. The van der Waals surface area contributed by atoms with Gasteiger partial charge in [0.2, 0.25) is 5.91 Å². The SMILES string of the molecule is COCCNc1ccc(NS(=O)(=O)c2ccc3c(c2)CCN3C(C)=O)cn1. The second kappa shape index (κ2) is 7.93. The maximum atomic E-state index is 12.7. The number of nitrogens with zero attached hydrogens (tertiary/aromatic N) is 2. The normalized spacial score (nSPS) is 13.3. The van der Waals surface area contributed by atoms with Gasteiger partial charge in [0.05, 0.1) is 23.4 Å². The van der Waals surface area contributed by atoms with Crippen molar-refractivity contribution in [2.45, 2.75) is 18.2 Å². The van der Waals surface area contributed by atoms with E-state index < -0.39 is 10.0 Å². The summed E-state index contributed by atoms with van der Waals surface area (Å²) in [6.45, 7) is 3.24. The molecule has 0 radical (unpaired) electrons. The number of carbonyl (C=O) groups is 1. The van der Waals surface area contributed by atoms with Gasteiger partial charge in [0.1, 0.15) is 5.82 Å². The standard InChI is InChI=1S/C18H22N4O4S/c1-13(23)22-9-7-14-11-16(4-5-17(14)22)27(24,25)21-15-3-6-18(20-12-15)19-8-10-26-2/h3-6,11-12,21H,7-10H2,1-2H3,(H,19,20). The minimum Gasteiger partial charge on any atom is -0.383 e. The average Bonchev–Trinajstić information content (AvgIpc) is 3.06. The number of hydrogen-bond acceptors (Lipinski definition) is 6. The number of amides is 1. The number of nitrogens with one attached hydrogen (secondary N) is 2. The number of aromatic nitrogens is 1. The number of ether oxygens (including phenoxy) is 1. The van der Waals surface area contributed by atoms with Gasteiger partial charge in [0.15, 0.2) is 0 Å². The third-order valence-electron chi connectivity index (χ3n) is 4.26. The Hall–Kier alpha value is -2.65. The van der Waals surface area contributed by atoms with Crippen molar-refractivity contribution >= 4 is 33.1 Å². The Balaban J connectivity index is 1.73. The maximum Gasteiger partial charge on any atom is 0.261 e. The summed E-state index contributed by atoms with van der Waals surface area (Å²) in [5.74, 6) is 0.588. The van der Waals surface area contributed by atoms with Crippen LogP contribution in [0.5, 0.6) is 0 Å². The lowest BCUT2D eigenvalue weighted by Crippen LogP contribution is -2.25. The Morgan fingerprint density at radius 3 is 2.78 bits per heavy atom. The highest BCUT2D eigenvalue weighted by Crippen LogP contribution is 2.30. The molecule has 2 aromatic rings. The van der Waals surface area contributed by atoms with Gasteiger partial charge in [-0.05, 0) is 42.3 Å². The lowest BCUT2D eigenvalue weighted by atomic mass is 10.2. The van der Waals surface area contributed by atoms with E-state index in [4.69, 9.17) is 4.74 Å². The molecule has 1 aliphatic heterocycles. The van der Waals surface area contributed by atoms with Crippen LogP contribution in [0.3, 0.4) is 0 Å². The summed E-state index contributed by atoms with van der Waals surface area (Å²) in [5.41, 5.74) is 2.00. The zero-order valence-corrected chi connectivity index (χ0v) is 16.0. The Morgan fingerprint density at radius 1 is 1.30 bits per heavy atom. The number of carbonyl (C=O) groups excluding carboxylic acids is 1. The van der Waals surface area contributed by atoms with Crippen molar-refractivity contribution in [3.05, 3.63) is 42.1 Å². The van der Waals surface area contributed by atoms with Crippen LogP contribution in [0.15, 0.2) is 41.4 Å². The van der Waals surface area contributed by atoms with Crippen molar-refractivity contribution < 1.29 is 17.9 Å². The number of rotatable bonds is 7. The van der Waals surface area contributed by atoms with Gasteiger partial charge in [-0.2, -0.15) is 0 Å². The van der Waals surface area contributed by atoms with E-state index >= 15 is 0 Å². The molecule has 3 rings (SSSR count). The Bertz CT molecular complexity index is 929. The van der Waals surface area contributed by atoms with E-state index in [1.165, 1.54) is 19.2 Å². The predicted molar refractivity (Wildman–Crippen MR) is 104 cm³/mol. The first-order valence-corrected chi connectivity index (χ1v) is 10.0. The quantitative estimate of drug-likeness (QED) is 0.700. The van der Waals surface area contributed by atoms with Crippen LogP contribution in [0.25, 0.3) is 0 Å². The second-order valence-electron chi connectivity index (χ2n) is 6.17. The molecule has 0 atom stereocenters. The maximum absolute atomic E-state index is 12.7. The van der Waals surface area contributed by atoms with Crippen molar-refractivity contribution in [2.24, 2.45) is 0 Å². The summed E-state index contributed by atoms with van der Waals surface area (Å²) in [6.07, 6.45) is 2.10. The van der Waals surface area contributed by atoms with Gasteiger partial charge in [-0.3, -0.25) is 9.52 Å². The number of sulfonamides is 1. The molecular weight excluding hydrogens is 368 g/mol. The minimum absolute atomic E-state index is 0.0484. The number of anilines is 3. The molecule has 1 aliphatic rings. The molecule has 1 aromatic heterocycles. The molecule has 0 bridgehead atoms. The number of fused-ring (bicyclic) bond motifs is 1. The third kappa shape index (κ3) is 4.37. The van der Waals surface area contributed by atoms with E-state index in [2.05, 4.69) is 15.0 Å². The van der Waals surface area contributed by atoms with Crippen molar-refractivity contribution in [2.75, 3.05) is 41.7 Å². The summed E-state index contributed by atoms with van der Waals surface area (Å²) < 4.78 is 32.8. The fraction of sp³-hybridized carbons (Fsp3) is 0.333. The molecule has 9 heteroatoms. The first kappa shape index (κ1) is 19.1. The number of hydrogen-bond donors (Lipinski definition) is 2. The van der Waals surface area contributed by atoms with Gasteiger partial charge in [0, 0.05) is 32.8 Å². The van der Waals surface area contributed by atoms with Gasteiger partial charge in [-0.15, -0.1) is 0 Å². The Labute approximate surface area is 158 Å². The molecule has 27 heavy (non-hydrogen) atoms. The fourth-order valence-electron chi connectivity index (χ4n) is 2.93. The van der Waals surface area contributed by atoms with Crippen LogP contribution in [-0.2, 0) is 26.0 Å². The zero-order valence-electron chi connectivity index (χ0n) is 15.2. The Morgan fingerprint density at radius 2 is 2.11 bits per heavy atom. The molecule has 0 saturated heterocycles. The molecular formula is C18H22N4O4S. The van der Waals surface area contributed by atoms with E-state index in [1.807, 2.05) is 0 Å². The molecule has 1 aromatic carbocycles. The summed E-state index contributed by atoms with van der Waals surface area (Å²) in [7, 11) is -2.13. The molecule has 0 aliphatic carbocycles. The predicted octanol–water partition coefficient (Wildman–Crippen LogP) is 1.85. The Kier molecular flexibility index (Phi) is 5.62. The second-order valence-corrected chi connectivity index (χ2v) is 7.85. The van der Waals surface area contributed by atoms with E-state index in [9.17, 15) is 13.2 Å². The van der Waals surface area contributed by atoms with Crippen LogP contribution < -0.4 is 14.9 Å². The smallest absolute Gasteiger partial charge is 0.261 e. The number of methoxy groups -OCH3 is 1. The van der Waals surface area contributed by atoms with Gasteiger partial charge in [-0.1, -0.05) is 0 Å². The fourth-order valence-corrected chi connectivity index (χ4v) is 4.02. The molecule has 0 unspecified atom stereocenters. The van der Waals surface area contributed by atoms with Crippen molar-refractivity contribution in [3.63, 3.8) is 0 Å². The van der Waals surface area contributed by atoms with Crippen LogP contribution in [0.1, 0.15) is 12.5 Å². The van der Waals surface area contributed by atoms with E-state index in [1.54, 1.807) is 36.3 Å². The molecule has 144 valence electrons. The molecule has 8 nitrogen and oxygen atoms in total. The van der Waals surface area contributed by atoms with E-state index in [0.29, 0.717) is 37.6 Å². The monoisotopic (exact) mass is 390 g/mol. The van der Waals surface area contributed by atoms with Gasteiger partial charge < -0.3 is 15.0 Å². The summed E-state index contributed by atoms with van der Waals surface area (Å²) in [5, 5.41) is 3.06. The first-order chi connectivity index (χ1) is 12.9. The van der Waals surface area contributed by atoms with Crippen molar-refractivity contribution in [1.82, 2.24) is 4.98 Å². The van der Waals surface area contributed by atoms with Crippen molar-refractivity contribution in [3.8, 4) is 0 Å². The lowest BCUT2D eigenvalue weighted by molar-refractivity contribution is -0.116. The molecule has 1 amide bonds. The summed E-state index contributed by atoms with van der Waals surface area (Å²) in [6, 6.07) is 8.15. The first-order valence-electron chi connectivity index (χ1n) is 8.53. The van der Waals surface area contributed by atoms with E-state index in [-0.39, 0.29) is 10.8 Å². The third-order valence-corrected chi connectivity index (χ3v) is 5.64. The van der Waals surface area contributed by atoms with Gasteiger partial charge >= 0.3 is 0 Å². The highest BCUT2D eigenvalue weighted by molar-refractivity contribution is 7.92. The number of pyridine rings is 1. The zero-order chi connectivity index (χ0) is 19.4. The highest BCUT2D eigenvalue weighted by atomic mass is 32.2. The van der Waals surface area contributed by atoms with Crippen LogP contribution in [0.2, 0.25) is 0 Å². The summed E-state index contributed by atoms with van der Waals surface area (Å²) in [4.78, 5) is 17.6. The molecule has 0 saturated carbocycles. The largest absolute Gasteiger partial charge is 0.383 e. The van der Waals surface area contributed by atoms with Gasteiger partial charge in [-0.25, -0.2) is 13.4 Å². The van der Waals surface area contributed by atoms with Crippen LogP contribution in [-0.4, -0.2) is 46.1 Å². The molecule has 0 fully saturated rings. The highest BCUT2D eigenvalue weighted by Gasteiger charge is 2.24. The topological polar surface area (TPSA) is 101 Å². The van der Waals surface area contributed by atoms with Crippen LogP contribution in [0.4, 0.5) is 17.2 Å². The van der Waals surface area contributed by atoms with Crippen LogP contribution in [0, 0.1) is 0 Å². The number of benzene rings is 1.